The first-order valence-electron chi connectivity index (χ1n) is 7.27. The van der Waals surface area contributed by atoms with E-state index < -0.39 is 0 Å². The zero-order valence-corrected chi connectivity index (χ0v) is 12.0. The lowest BCUT2D eigenvalue weighted by Gasteiger charge is -2.35. The maximum atomic E-state index is 12.9. The molecule has 0 aromatic heterocycles. The fourth-order valence-electron chi connectivity index (χ4n) is 3.08. The van der Waals surface area contributed by atoms with Gasteiger partial charge in [-0.2, -0.15) is 0 Å². The summed E-state index contributed by atoms with van der Waals surface area (Å²) in [6.45, 7) is 3.17. The van der Waals surface area contributed by atoms with Crippen LogP contribution < -0.4 is 5.73 Å². The standard InChI is InChI=1S/C16H25FN2/c1-12-4-3-5-15(10-12)19(2)11-16(18)13-6-8-14(17)9-7-13/h6-9,12,15-16H,3-5,10-11,18H2,1-2H3. The third kappa shape index (κ3) is 4.02. The van der Waals surface area contributed by atoms with Crippen molar-refractivity contribution >= 4 is 0 Å². The Morgan fingerprint density at radius 1 is 1.32 bits per heavy atom. The predicted molar refractivity (Wildman–Crippen MR) is 77.4 cm³/mol. The minimum Gasteiger partial charge on any atom is -0.323 e. The van der Waals surface area contributed by atoms with Crippen molar-refractivity contribution < 1.29 is 4.39 Å². The molecule has 1 saturated carbocycles. The molecule has 0 amide bonds. The van der Waals surface area contributed by atoms with Gasteiger partial charge in [0.05, 0.1) is 0 Å². The van der Waals surface area contributed by atoms with Gasteiger partial charge in [-0.25, -0.2) is 4.39 Å². The van der Waals surface area contributed by atoms with E-state index in [0.29, 0.717) is 6.04 Å². The number of hydrogen-bond donors (Lipinski definition) is 1. The van der Waals surface area contributed by atoms with Gasteiger partial charge in [-0.05, 0) is 43.5 Å². The van der Waals surface area contributed by atoms with Crippen LogP contribution in [0.4, 0.5) is 4.39 Å². The van der Waals surface area contributed by atoms with Gasteiger partial charge in [-0.15, -0.1) is 0 Å². The minimum absolute atomic E-state index is 0.0390. The van der Waals surface area contributed by atoms with E-state index in [1.807, 2.05) is 0 Å². The second kappa shape index (κ2) is 6.49. The topological polar surface area (TPSA) is 29.3 Å². The molecule has 0 spiro atoms. The van der Waals surface area contributed by atoms with Crippen molar-refractivity contribution in [2.45, 2.75) is 44.7 Å². The number of rotatable bonds is 4. The summed E-state index contributed by atoms with van der Waals surface area (Å²) in [6, 6.07) is 7.16. The molecule has 2 N–H and O–H groups in total. The summed E-state index contributed by atoms with van der Waals surface area (Å²) in [6.07, 6.45) is 5.22. The Morgan fingerprint density at radius 3 is 2.63 bits per heavy atom. The summed E-state index contributed by atoms with van der Waals surface area (Å²) < 4.78 is 12.9. The summed E-state index contributed by atoms with van der Waals surface area (Å²) in [5, 5.41) is 0. The van der Waals surface area contributed by atoms with E-state index in [4.69, 9.17) is 5.73 Å². The highest BCUT2D eigenvalue weighted by molar-refractivity contribution is 5.19. The molecule has 2 rings (SSSR count). The van der Waals surface area contributed by atoms with Crippen molar-refractivity contribution in [2.75, 3.05) is 13.6 Å². The lowest BCUT2D eigenvalue weighted by atomic mass is 9.86. The van der Waals surface area contributed by atoms with Gasteiger partial charge < -0.3 is 10.6 Å². The summed E-state index contributed by atoms with van der Waals surface area (Å²) >= 11 is 0. The Kier molecular flexibility index (Phi) is 4.94. The van der Waals surface area contributed by atoms with Gasteiger partial charge in [0.25, 0.3) is 0 Å². The van der Waals surface area contributed by atoms with Gasteiger partial charge >= 0.3 is 0 Å². The van der Waals surface area contributed by atoms with Crippen LogP contribution in [-0.4, -0.2) is 24.5 Å². The molecule has 2 nitrogen and oxygen atoms in total. The van der Waals surface area contributed by atoms with Crippen LogP contribution in [0.3, 0.4) is 0 Å². The number of nitrogens with two attached hydrogens (primary N) is 1. The van der Waals surface area contributed by atoms with Crippen LogP contribution in [0.2, 0.25) is 0 Å². The predicted octanol–water partition coefficient (Wildman–Crippen LogP) is 3.34. The number of halogens is 1. The molecule has 0 bridgehead atoms. The maximum Gasteiger partial charge on any atom is 0.123 e. The summed E-state index contributed by atoms with van der Waals surface area (Å²) in [4.78, 5) is 2.38. The Morgan fingerprint density at radius 2 is 2.00 bits per heavy atom. The van der Waals surface area contributed by atoms with Crippen molar-refractivity contribution in [3.8, 4) is 0 Å². The van der Waals surface area contributed by atoms with Crippen LogP contribution in [0.1, 0.15) is 44.2 Å². The largest absolute Gasteiger partial charge is 0.323 e. The van der Waals surface area contributed by atoms with Crippen LogP contribution in [-0.2, 0) is 0 Å². The quantitative estimate of drug-likeness (QED) is 0.903. The van der Waals surface area contributed by atoms with E-state index in [0.717, 1.165) is 18.0 Å². The highest BCUT2D eigenvalue weighted by Crippen LogP contribution is 2.27. The van der Waals surface area contributed by atoms with Crippen molar-refractivity contribution in [1.82, 2.24) is 4.90 Å². The Hall–Kier alpha value is -0.930. The van der Waals surface area contributed by atoms with Gasteiger partial charge in [0.15, 0.2) is 0 Å². The average molecular weight is 264 g/mol. The Labute approximate surface area is 115 Å². The van der Waals surface area contributed by atoms with E-state index in [9.17, 15) is 4.39 Å². The molecule has 1 fully saturated rings. The van der Waals surface area contributed by atoms with E-state index in [1.165, 1.54) is 37.8 Å². The van der Waals surface area contributed by atoms with Crippen molar-refractivity contribution in [2.24, 2.45) is 11.7 Å². The first-order chi connectivity index (χ1) is 9.06. The molecule has 3 heteroatoms. The molecular formula is C16H25FN2. The average Bonchev–Trinajstić information content (AvgIpc) is 2.39. The second-order valence-corrected chi connectivity index (χ2v) is 6.02. The SMILES string of the molecule is CC1CCCC(N(C)CC(N)c2ccc(F)cc2)C1. The molecule has 3 atom stereocenters. The molecule has 1 aromatic carbocycles. The molecular weight excluding hydrogens is 239 g/mol. The first kappa shape index (κ1) is 14.5. The smallest absolute Gasteiger partial charge is 0.123 e. The normalized spacial score (nSPS) is 25.5. The lowest BCUT2D eigenvalue weighted by Crippen LogP contribution is -2.39. The van der Waals surface area contributed by atoms with Gasteiger partial charge in [-0.3, -0.25) is 0 Å². The van der Waals surface area contributed by atoms with Gasteiger partial charge in [0, 0.05) is 18.6 Å². The number of hydrogen-bond acceptors (Lipinski definition) is 2. The van der Waals surface area contributed by atoms with E-state index >= 15 is 0 Å². The summed E-state index contributed by atoms with van der Waals surface area (Å²) in [5.41, 5.74) is 7.23. The zero-order valence-electron chi connectivity index (χ0n) is 12.0. The molecule has 0 saturated heterocycles. The molecule has 1 aliphatic carbocycles. The number of nitrogens with zero attached hydrogens (tertiary/aromatic N) is 1. The second-order valence-electron chi connectivity index (χ2n) is 6.02. The van der Waals surface area contributed by atoms with E-state index in [1.54, 1.807) is 12.1 Å². The van der Waals surface area contributed by atoms with Crippen LogP contribution in [0.15, 0.2) is 24.3 Å². The van der Waals surface area contributed by atoms with Crippen LogP contribution >= 0.6 is 0 Å². The fourth-order valence-corrected chi connectivity index (χ4v) is 3.08. The molecule has 1 aromatic rings. The number of likely N-dealkylation sites (N-methyl/N-ethyl adjacent to an activating group) is 1. The summed E-state index contributed by atoms with van der Waals surface area (Å²) in [5.74, 6) is 0.619. The van der Waals surface area contributed by atoms with E-state index in [2.05, 4.69) is 18.9 Å². The molecule has 106 valence electrons. The fraction of sp³-hybridized carbons (Fsp3) is 0.625. The zero-order chi connectivity index (χ0) is 13.8. The third-order valence-electron chi connectivity index (χ3n) is 4.31. The summed E-state index contributed by atoms with van der Waals surface area (Å²) in [7, 11) is 2.16. The maximum absolute atomic E-state index is 12.9. The Balaban J connectivity index is 1.90. The van der Waals surface area contributed by atoms with Crippen molar-refractivity contribution in [3.05, 3.63) is 35.6 Å². The number of benzene rings is 1. The van der Waals surface area contributed by atoms with Crippen molar-refractivity contribution in [1.29, 1.82) is 0 Å². The minimum atomic E-state index is -0.203. The van der Waals surface area contributed by atoms with Gasteiger partial charge in [0.2, 0.25) is 0 Å². The third-order valence-corrected chi connectivity index (χ3v) is 4.31. The molecule has 0 aliphatic heterocycles. The molecule has 3 unspecified atom stereocenters. The lowest BCUT2D eigenvalue weighted by molar-refractivity contribution is 0.157. The van der Waals surface area contributed by atoms with Crippen molar-refractivity contribution in [3.63, 3.8) is 0 Å². The van der Waals surface area contributed by atoms with Crippen LogP contribution in [0.5, 0.6) is 0 Å². The first-order valence-corrected chi connectivity index (χ1v) is 7.27. The van der Waals surface area contributed by atoms with Crippen LogP contribution in [0, 0.1) is 11.7 Å². The molecule has 1 aliphatic rings. The molecule has 0 heterocycles. The highest BCUT2D eigenvalue weighted by atomic mass is 19.1. The highest BCUT2D eigenvalue weighted by Gasteiger charge is 2.23. The molecule has 19 heavy (non-hydrogen) atoms. The van der Waals surface area contributed by atoms with Crippen LogP contribution in [0.25, 0.3) is 0 Å². The van der Waals surface area contributed by atoms with E-state index in [-0.39, 0.29) is 11.9 Å². The monoisotopic (exact) mass is 264 g/mol. The van der Waals surface area contributed by atoms with Gasteiger partial charge in [-0.1, -0.05) is 31.9 Å². The van der Waals surface area contributed by atoms with Gasteiger partial charge in [0.1, 0.15) is 5.82 Å². The Bertz CT molecular complexity index is 390. The molecule has 0 radical (unpaired) electrons.